The van der Waals surface area contributed by atoms with Crippen molar-refractivity contribution in [1.82, 2.24) is 4.90 Å². The topological polar surface area (TPSA) is 29.3 Å². The maximum atomic E-state index is 5.75. The van der Waals surface area contributed by atoms with Gasteiger partial charge in [0, 0.05) is 18.1 Å². The maximum Gasteiger partial charge on any atom is 0.0124 e. The Kier molecular flexibility index (Phi) is 3.53. The molecule has 0 saturated heterocycles. The van der Waals surface area contributed by atoms with Gasteiger partial charge in [-0.2, -0.15) is 0 Å². The molecular weight excluding hydrogens is 148 g/mol. The molecule has 1 fully saturated rings. The van der Waals surface area contributed by atoms with Crippen LogP contribution in [0.4, 0.5) is 0 Å². The molecule has 0 heterocycles. The highest BCUT2D eigenvalue weighted by molar-refractivity contribution is 4.89. The van der Waals surface area contributed by atoms with Gasteiger partial charge in [0.1, 0.15) is 0 Å². The van der Waals surface area contributed by atoms with Crippen LogP contribution >= 0.6 is 0 Å². The van der Waals surface area contributed by atoms with Gasteiger partial charge >= 0.3 is 0 Å². The van der Waals surface area contributed by atoms with E-state index in [-0.39, 0.29) is 0 Å². The number of hydrogen-bond donors (Lipinski definition) is 1. The molecule has 1 unspecified atom stereocenters. The summed E-state index contributed by atoms with van der Waals surface area (Å²) in [5.74, 6) is 0. The minimum atomic E-state index is 0.478. The molecule has 1 rings (SSSR count). The van der Waals surface area contributed by atoms with E-state index in [1.165, 1.54) is 25.7 Å². The molecule has 2 N–H and O–H groups in total. The number of hydrogen-bond acceptors (Lipinski definition) is 2. The van der Waals surface area contributed by atoms with Gasteiger partial charge in [-0.1, -0.05) is 13.3 Å². The Morgan fingerprint density at radius 2 is 2.08 bits per heavy atom. The molecule has 0 aromatic carbocycles. The average Bonchev–Trinajstić information content (AvgIpc) is 1.98. The third-order valence-electron chi connectivity index (χ3n) is 3.13. The van der Waals surface area contributed by atoms with Crippen molar-refractivity contribution in [3.8, 4) is 0 Å². The number of nitrogens with zero attached hydrogens (tertiary/aromatic N) is 1. The van der Waals surface area contributed by atoms with Crippen LogP contribution in [0.2, 0.25) is 0 Å². The highest BCUT2D eigenvalue weighted by atomic mass is 15.2. The summed E-state index contributed by atoms with van der Waals surface area (Å²) in [5.41, 5.74) is 5.75. The van der Waals surface area contributed by atoms with Crippen LogP contribution in [0.15, 0.2) is 0 Å². The highest BCUT2D eigenvalue weighted by Crippen LogP contribution is 2.25. The van der Waals surface area contributed by atoms with E-state index in [0.29, 0.717) is 6.04 Å². The number of nitrogens with two attached hydrogens (primary N) is 1. The SMILES string of the molecule is CCCC(C)N(C)C1CC(N)C1. The second kappa shape index (κ2) is 4.24. The van der Waals surface area contributed by atoms with Gasteiger partial charge in [-0.05, 0) is 33.2 Å². The van der Waals surface area contributed by atoms with Crippen LogP contribution in [0.3, 0.4) is 0 Å². The van der Waals surface area contributed by atoms with Gasteiger partial charge in [0.15, 0.2) is 0 Å². The molecule has 1 aliphatic rings. The zero-order valence-electron chi connectivity index (χ0n) is 8.59. The Bertz CT molecular complexity index is 125. The molecule has 0 aromatic rings. The average molecular weight is 170 g/mol. The first-order valence-corrected chi connectivity index (χ1v) is 5.12. The van der Waals surface area contributed by atoms with Gasteiger partial charge in [0.2, 0.25) is 0 Å². The Hall–Kier alpha value is -0.0800. The van der Waals surface area contributed by atoms with Gasteiger partial charge in [0.25, 0.3) is 0 Å². The molecule has 1 atom stereocenters. The standard InChI is InChI=1S/C10H22N2/c1-4-5-8(2)12(3)10-6-9(11)7-10/h8-10H,4-7,11H2,1-3H3. The first kappa shape index (κ1) is 10.0. The molecule has 2 heteroatoms. The van der Waals surface area contributed by atoms with Crippen molar-refractivity contribution in [2.24, 2.45) is 5.73 Å². The lowest BCUT2D eigenvalue weighted by atomic mass is 9.85. The fourth-order valence-electron chi connectivity index (χ4n) is 1.94. The van der Waals surface area contributed by atoms with Crippen LogP contribution in [0.1, 0.15) is 39.5 Å². The first-order chi connectivity index (χ1) is 5.65. The van der Waals surface area contributed by atoms with E-state index in [9.17, 15) is 0 Å². The predicted molar refractivity (Wildman–Crippen MR) is 53.1 cm³/mol. The quantitative estimate of drug-likeness (QED) is 0.694. The molecule has 0 aromatic heterocycles. The van der Waals surface area contributed by atoms with E-state index in [0.717, 1.165) is 12.1 Å². The van der Waals surface area contributed by atoms with Crippen LogP contribution in [-0.4, -0.2) is 30.1 Å². The van der Waals surface area contributed by atoms with Gasteiger partial charge in [-0.15, -0.1) is 0 Å². The van der Waals surface area contributed by atoms with Crippen molar-refractivity contribution in [3.05, 3.63) is 0 Å². The Morgan fingerprint density at radius 1 is 1.50 bits per heavy atom. The third kappa shape index (κ3) is 2.20. The molecule has 72 valence electrons. The van der Waals surface area contributed by atoms with E-state index in [1.807, 2.05) is 0 Å². The number of rotatable bonds is 4. The molecule has 2 nitrogen and oxygen atoms in total. The van der Waals surface area contributed by atoms with Crippen LogP contribution < -0.4 is 5.73 Å². The van der Waals surface area contributed by atoms with Crippen LogP contribution in [-0.2, 0) is 0 Å². The molecule has 0 bridgehead atoms. The van der Waals surface area contributed by atoms with Gasteiger partial charge in [-0.25, -0.2) is 0 Å². The predicted octanol–water partition coefficient (Wildman–Crippen LogP) is 1.60. The lowest BCUT2D eigenvalue weighted by molar-refractivity contribution is 0.0978. The van der Waals surface area contributed by atoms with E-state index in [4.69, 9.17) is 5.73 Å². The molecule has 0 aliphatic heterocycles. The fraction of sp³-hybridized carbons (Fsp3) is 1.00. The summed E-state index contributed by atoms with van der Waals surface area (Å²) in [7, 11) is 2.23. The molecule has 1 saturated carbocycles. The van der Waals surface area contributed by atoms with Crippen molar-refractivity contribution in [1.29, 1.82) is 0 Å². The van der Waals surface area contributed by atoms with Crippen LogP contribution in [0, 0.1) is 0 Å². The highest BCUT2D eigenvalue weighted by Gasteiger charge is 2.30. The summed E-state index contributed by atoms with van der Waals surface area (Å²) in [6.07, 6.45) is 4.99. The van der Waals surface area contributed by atoms with Crippen molar-refractivity contribution in [2.45, 2.75) is 57.7 Å². The monoisotopic (exact) mass is 170 g/mol. The van der Waals surface area contributed by atoms with E-state index in [2.05, 4.69) is 25.8 Å². The van der Waals surface area contributed by atoms with E-state index < -0.39 is 0 Å². The normalized spacial score (nSPS) is 31.8. The first-order valence-electron chi connectivity index (χ1n) is 5.12. The van der Waals surface area contributed by atoms with Crippen LogP contribution in [0.25, 0.3) is 0 Å². The van der Waals surface area contributed by atoms with Gasteiger partial charge in [-0.3, -0.25) is 0 Å². The summed E-state index contributed by atoms with van der Waals surface area (Å²) >= 11 is 0. The second-order valence-electron chi connectivity index (χ2n) is 4.19. The summed E-state index contributed by atoms with van der Waals surface area (Å²) in [4.78, 5) is 2.49. The smallest absolute Gasteiger partial charge is 0.0124 e. The van der Waals surface area contributed by atoms with Crippen molar-refractivity contribution >= 4 is 0 Å². The summed E-state index contributed by atoms with van der Waals surface area (Å²) in [6, 6.07) is 1.97. The minimum Gasteiger partial charge on any atom is -0.328 e. The largest absolute Gasteiger partial charge is 0.328 e. The van der Waals surface area contributed by atoms with Gasteiger partial charge in [0.05, 0.1) is 0 Å². The molecule has 0 amide bonds. The lowest BCUT2D eigenvalue weighted by Gasteiger charge is -2.42. The fourth-order valence-corrected chi connectivity index (χ4v) is 1.94. The van der Waals surface area contributed by atoms with Crippen molar-refractivity contribution in [2.75, 3.05) is 7.05 Å². The van der Waals surface area contributed by atoms with Crippen LogP contribution in [0.5, 0.6) is 0 Å². The zero-order valence-corrected chi connectivity index (χ0v) is 8.59. The summed E-state index contributed by atoms with van der Waals surface area (Å²) in [6.45, 7) is 4.56. The maximum absolute atomic E-state index is 5.75. The van der Waals surface area contributed by atoms with E-state index in [1.54, 1.807) is 0 Å². The summed E-state index contributed by atoms with van der Waals surface area (Å²) < 4.78 is 0. The lowest BCUT2D eigenvalue weighted by Crippen LogP contribution is -2.51. The minimum absolute atomic E-state index is 0.478. The third-order valence-corrected chi connectivity index (χ3v) is 3.13. The molecule has 0 radical (unpaired) electrons. The molecular formula is C10H22N2. The van der Waals surface area contributed by atoms with Gasteiger partial charge < -0.3 is 10.6 Å². The summed E-state index contributed by atoms with van der Waals surface area (Å²) in [5, 5.41) is 0. The van der Waals surface area contributed by atoms with Crippen molar-refractivity contribution < 1.29 is 0 Å². The Morgan fingerprint density at radius 3 is 2.50 bits per heavy atom. The Balaban J connectivity index is 2.22. The molecule has 12 heavy (non-hydrogen) atoms. The van der Waals surface area contributed by atoms with Crippen molar-refractivity contribution in [3.63, 3.8) is 0 Å². The molecule has 0 spiro atoms. The second-order valence-corrected chi connectivity index (χ2v) is 4.19. The molecule has 1 aliphatic carbocycles. The zero-order chi connectivity index (χ0) is 9.14. The van der Waals surface area contributed by atoms with E-state index >= 15 is 0 Å². The Labute approximate surface area is 76.1 Å².